The molecular formula is C21H31N3O. The molecule has 2 atom stereocenters. The second kappa shape index (κ2) is 9.82. The third-order valence-corrected chi connectivity index (χ3v) is 4.42. The SMILES string of the molecule is C=C(CNC(=C)OCc1ccccc1)NC(C)CC1CCCNC1=C. The van der Waals surface area contributed by atoms with Gasteiger partial charge in [0.15, 0.2) is 5.88 Å². The molecule has 0 radical (unpaired) electrons. The topological polar surface area (TPSA) is 45.3 Å². The number of hydrogen-bond donors (Lipinski definition) is 3. The molecule has 0 spiro atoms. The van der Waals surface area contributed by atoms with Gasteiger partial charge in [-0.05, 0) is 38.3 Å². The summed E-state index contributed by atoms with van der Waals surface area (Å²) in [5.74, 6) is 1.10. The Morgan fingerprint density at radius 2 is 2.08 bits per heavy atom. The normalized spacial score (nSPS) is 18.0. The van der Waals surface area contributed by atoms with Crippen molar-refractivity contribution >= 4 is 0 Å². The molecule has 2 rings (SSSR count). The van der Waals surface area contributed by atoms with Crippen LogP contribution in [0.25, 0.3) is 0 Å². The molecule has 1 aromatic rings. The molecule has 0 amide bonds. The van der Waals surface area contributed by atoms with Gasteiger partial charge in [0.1, 0.15) is 6.61 Å². The third-order valence-electron chi connectivity index (χ3n) is 4.42. The standard InChI is InChI=1S/C21H31N3O/c1-16(13-21-11-8-12-22-18(21)3)24-17(2)14-23-19(4)25-15-20-9-6-5-7-10-20/h5-7,9-10,16,21-24H,2-4,8,11-15H2,1H3. The summed E-state index contributed by atoms with van der Waals surface area (Å²) in [6.07, 6.45) is 3.50. The fourth-order valence-electron chi connectivity index (χ4n) is 3.06. The van der Waals surface area contributed by atoms with Crippen LogP contribution in [0.15, 0.2) is 67.3 Å². The van der Waals surface area contributed by atoms with Crippen LogP contribution in [0.5, 0.6) is 0 Å². The van der Waals surface area contributed by atoms with Crippen LogP contribution in [0.3, 0.4) is 0 Å². The zero-order valence-electron chi connectivity index (χ0n) is 15.3. The van der Waals surface area contributed by atoms with Gasteiger partial charge in [-0.15, -0.1) is 0 Å². The van der Waals surface area contributed by atoms with Gasteiger partial charge in [0.05, 0.1) is 6.54 Å². The van der Waals surface area contributed by atoms with E-state index in [0.29, 0.717) is 31.0 Å². The highest BCUT2D eigenvalue weighted by molar-refractivity contribution is 5.13. The second-order valence-electron chi connectivity index (χ2n) is 6.73. The maximum atomic E-state index is 5.62. The number of nitrogens with one attached hydrogen (secondary N) is 3. The summed E-state index contributed by atoms with van der Waals surface area (Å²) in [6.45, 7) is 16.5. The van der Waals surface area contributed by atoms with Crippen LogP contribution in [0.1, 0.15) is 31.7 Å². The molecular weight excluding hydrogens is 310 g/mol. The summed E-state index contributed by atoms with van der Waals surface area (Å²) in [4.78, 5) is 0. The summed E-state index contributed by atoms with van der Waals surface area (Å²) in [7, 11) is 0. The highest BCUT2D eigenvalue weighted by Gasteiger charge is 2.19. The first kappa shape index (κ1) is 19.0. The predicted molar refractivity (Wildman–Crippen MR) is 105 cm³/mol. The number of hydrogen-bond acceptors (Lipinski definition) is 4. The Bertz CT molecular complexity index is 582. The second-order valence-corrected chi connectivity index (χ2v) is 6.73. The van der Waals surface area contributed by atoms with Crippen LogP contribution >= 0.6 is 0 Å². The van der Waals surface area contributed by atoms with Crippen molar-refractivity contribution in [3.8, 4) is 0 Å². The van der Waals surface area contributed by atoms with E-state index in [1.54, 1.807) is 0 Å². The molecule has 0 aromatic heterocycles. The van der Waals surface area contributed by atoms with Crippen molar-refractivity contribution in [2.24, 2.45) is 5.92 Å². The Morgan fingerprint density at radius 1 is 1.32 bits per heavy atom. The maximum Gasteiger partial charge on any atom is 0.179 e. The first-order valence-corrected chi connectivity index (χ1v) is 9.01. The highest BCUT2D eigenvalue weighted by Crippen LogP contribution is 2.23. The minimum Gasteiger partial charge on any atom is -0.475 e. The van der Waals surface area contributed by atoms with Crippen LogP contribution in [-0.2, 0) is 11.3 Å². The smallest absolute Gasteiger partial charge is 0.179 e. The minimum absolute atomic E-state index is 0.356. The number of rotatable bonds is 10. The van der Waals surface area contributed by atoms with E-state index in [1.807, 2.05) is 30.3 Å². The zero-order valence-corrected chi connectivity index (χ0v) is 15.3. The van der Waals surface area contributed by atoms with Crippen LogP contribution in [-0.4, -0.2) is 19.1 Å². The highest BCUT2D eigenvalue weighted by atomic mass is 16.5. The Labute approximate surface area is 152 Å². The summed E-state index contributed by atoms with van der Waals surface area (Å²) >= 11 is 0. The first-order chi connectivity index (χ1) is 12.0. The van der Waals surface area contributed by atoms with Crippen LogP contribution < -0.4 is 16.0 Å². The molecule has 2 unspecified atom stereocenters. The lowest BCUT2D eigenvalue weighted by Gasteiger charge is -2.29. The van der Waals surface area contributed by atoms with Gasteiger partial charge in [0.2, 0.25) is 0 Å². The molecule has 4 heteroatoms. The quantitative estimate of drug-likeness (QED) is 0.568. The van der Waals surface area contributed by atoms with Crippen molar-refractivity contribution in [2.75, 3.05) is 13.1 Å². The van der Waals surface area contributed by atoms with Crippen molar-refractivity contribution < 1.29 is 4.74 Å². The largest absolute Gasteiger partial charge is 0.475 e. The van der Waals surface area contributed by atoms with Crippen molar-refractivity contribution in [2.45, 2.75) is 38.8 Å². The van der Waals surface area contributed by atoms with Gasteiger partial charge >= 0.3 is 0 Å². The average Bonchev–Trinajstić information content (AvgIpc) is 2.61. The van der Waals surface area contributed by atoms with Gasteiger partial charge < -0.3 is 20.7 Å². The molecule has 1 heterocycles. The Kier molecular flexibility index (Phi) is 7.45. The molecule has 25 heavy (non-hydrogen) atoms. The van der Waals surface area contributed by atoms with Crippen LogP contribution in [0.2, 0.25) is 0 Å². The van der Waals surface area contributed by atoms with Gasteiger partial charge in [0, 0.05) is 29.9 Å². The summed E-state index contributed by atoms with van der Waals surface area (Å²) in [5.41, 5.74) is 3.23. The lowest BCUT2D eigenvalue weighted by atomic mass is 9.90. The van der Waals surface area contributed by atoms with E-state index in [-0.39, 0.29) is 0 Å². The van der Waals surface area contributed by atoms with Gasteiger partial charge in [-0.2, -0.15) is 0 Å². The number of ether oxygens (including phenoxy) is 1. The molecule has 1 aromatic carbocycles. The lowest BCUT2D eigenvalue weighted by molar-refractivity contribution is 0.180. The molecule has 0 aliphatic carbocycles. The monoisotopic (exact) mass is 341 g/mol. The van der Waals surface area contributed by atoms with Crippen molar-refractivity contribution in [1.29, 1.82) is 0 Å². The van der Waals surface area contributed by atoms with Gasteiger partial charge in [-0.1, -0.05) is 43.5 Å². The van der Waals surface area contributed by atoms with E-state index in [4.69, 9.17) is 4.74 Å². The fraction of sp³-hybridized carbons (Fsp3) is 0.429. The molecule has 1 aliphatic heterocycles. The van der Waals surface area contributed by atoms with Crippen molar-refractivity contribution in [3.63, 3.8) is 0 Å². The number of piperidine rings is 1. The summed E-state index contributed by atoms with van der Waals surface area (Å²) < 4.78 is 5.62. The number of allylic oxidation sites excluding steroid dienone is 1. The van der Waals surface area contributed by atoms with E-state index in [1.165, 1.54) is 18.5 Å². The van der Waals surface area contributed by atoms with Crippen molar-refractivity contribution in [1.82, 2.24) is 16.0 Å². The molecule has 136 valence electrons. The molecule has 1 saturated heterocycles. The molecule has 0 bridgehead atoms. The molecule has 0 saturated carbocycles. The van der Waals surface area contributed by atoms with Crippen LogP contribution in [0.4, 0.5) is 0 Å². The van der Waals surface area contributed by atoms with E-state index < -0.39 is 0 Å². The fourth-order valence-corrected chi connectivity index (χ4v) is 3.06. The minimum atomic E-state index is 0.356. The molecule has 1 aliphatic rings. The van der Waals surface area contributed by atoms with E-state index in [0.717, 1.165) is 24.2 Å². The average molecular weight is 341 g/mol. The molecule has 4 nitrogen and oxygen atoms in total. The molecule has 3 N–H and O–H groups in total. The first-order valence-electron chi connectivity index (χ1n) is 9.01. The molecule has 1 fully saturated rings. The van der Waals surface area contributed by atoms with Crippen LogP contribution in [0, 0.1) is 5.92 Å². The third kappa shape index (κ3) is 6.96. The van der Waals surface area contributed by atoms with Gasteiger partial charge in [-0.25, -0.2) is 0 Å². The van der Waals surface area contributed by atoms with Crippen molar-refractivity contribution in [3.05, 3.63) is 72.9 Å². The maximum absolute atomic E-state index is 5.62. The van der Waals surface area contributed by atoms with E-state index >= 15 is 0 Å². The van der Waals surface area contributed by atoms with E-state index in [2.05, 4.69) is 42.6 Å². The Hall–Kier alpha value is -2.36. The van der Waals surface area contributed by atoms with Gasteiger partial charge in [0.25, 0.3) is 0 Å². The summed E-state index contributed by atoms with van der Waals surface area (Å²) in [6, 6.07) is 10.4. The zero-order chi connectivity index (χ0) is 18.1. The Morgan fingerprint density at radius 3 is 2.80 bits per heavy atom. The Balaban J connectivity index is 1.62. The number of benzene rings is 1. The van der Waals surface area contributed by atoms with E-state index in [9.17, 15) is 0 Å². The lowest BCUT2D eigenvalue weighted by Crippen LogP contribution is -2.35. The predicted octanol–water partition coefficient (Wildman–Crippen LogP) is 3.66. The summed E-state index contributed by atoms with van der Waals surface area (Å²) in [5, 5.41) is 9.99. The van der Waals surface area contributed by atoms with Gasteiger partial charge in [-0.3, -0.25) is 0 Å².